The Morgan fingerprint density at radius 2 is 2.20 bits per heavy atom. The summed E-state index contributed by atoms with van der Waals surface area (Å²) in [7, 11) is 0. The van der Waals surface area contributed by atoms with Crippen LogP contribution in [0.1, 0.15) is 27.2 Å². The maximum atomic E-state index is 5.84. The highest BCUT2D eigenvalue weighted by molar-refractivity contribution is 7.99. The molecular formula is C10H19N3S2. The van der Waals surface area contributed by atoms with Gasteiger partial charge in [-0.1, -0.05) is 6.92 Å². The molecule has 0 amide bonds. The van der Waals surface area contributed by atoms with Crippen LogP contribution in [0.2, 0.25) is 0 Å². The third kappa shape index (κ3) is 2.78. The molecule has 2 N–H and O–H groups in total. The van der Waals surface area contributed by atoms with Crippen LogP contribution in [-0.4, -0.2) is 23.2 Å². The molecule has 0 radical (unpaired) electrons. The molecule has 3 nitrogen and oxygen atoms in total. The van der Waals surface area contributed by atoms with E-state index in [1.807, 2.05) is 6.26 Å². The van der Waals surface area contributed by atoms with Crippen molar-refractivity contribution in [3.8, 4) is 0 Å². The lowest BCUT2D eigenvalue weighted by Crippen LogP contribution is -2.31. The van der Waals surface area contributed by atoms with Crippen molar-refractivity contribution in [2.45, 2.75) is 38.1 Å². The van der Waals surface area contributed by atoms with Crippen molar-refractivity contribution in [3.05, 3.63) is 0 Å². The van der Waals surface area contributed by atoms with Crippen LogP contribution < -0.4 is 10.6 Å². The maximum Gasteiger partial charge on any atom is 0.153 e. The van der Waals surface area contributed by atoms with Crippen LogP contribution >= 0.6 is 23.3 Å². The third-order valence-corrected chi connectivity index (χ3v) is 4.05. The zero-order chi connectivity index (χ0) is 11.4. The van der Waals surface area contributed by atoms with Crippen LogP contribution in [0.4, 0.5) is 10.8 Å². The Morgan fingerprint density at radius 1 is 1.53 bits per heavy atom. The van der Waals surface area contributed by atoms with Crippen molar-refractivity contribution in [2.24, 2.45) is 0 Å². The lowest BCUT2D eigenvalue weighted by atomic mass is 10.3. The van der Waals surface area contributed by atoms with E-state index >= 15 is 0 Å². The highest BCUT2D eigenvalue weighted by atomic mass is 32.2. The molecule has 86 valence electrons. The first-order valence-corrected chi connectivity index (χ1v) is 7.17. The average molecular weight is 245 g/mol. The molecule has 0 aromatic carbocycles. The minimum atomic E-state index is 0.496. The van der Waals surface area contributed by atoms with Crippen LogP contribution in [-0.2, 0) is 0 Å². The minimum absolute atomic E-state index is 0.496. The Bertz CT molecular complexity index is 310. The third-order valence-electron chi connectivity index (χ3n) is 2.21. The molecule has 1 heterocycles. The number of nitrogens with zero attached hydrogens (tertiary/aromatic N) is 2. The summed E-state index contributed by atoms with van der Waals surface area (Å²) in [4.78, 5) is 3.50. The first-order valence-electron chi connectivity index (χ1n) is 5.17. The number of rotatable bonds is 5. The monoisotopic (exact) mass is 245 g/mol. The Labute approximate surface area is 100 Å². The topological polar surface area (TPSA) is 42.2 Å². The van der Waals surface area contributed by atoms with E-state index in [4.69, 9.17) is 5.73 Å². The second-order valence-corrected chi connectivity index (χ2v) is 5.26. The van der Waals surface area contributed by atoms with E-state index in [0.29, 0.717) is 11.9 Å². The van der Waals surface area contributed by atoms with Crippen LogP contribution in [0.3, 0.4) is 0 Å². The van der Waals surface area contributed by atoms with E-state index in [0.717, 1.165) is 17.9 Å². The van der Waals surface area contributed by atoms with E-state index in [1.54, 1.807) is 11.8 Å². The predicted molar refractivity (Wildman–Crippen MR) is 71.1 cm³/mol. The highest BCUT2D eigenvalue weighted by Crippen LogP contribution is 2.38. The number of hydrogen-bond acceptors (Lipinski definition) is 5. The van der Waals surface area contributed by atoms with Gasteiger partial charge in [0.15, 0.2) is 5.82 Å². The van der Waals surface area contributed by atoms with E-state index < -0.39 is 0 Å². The molecule has 0 spiro atoms. The predicted octanol–water partition coefficient (Wildman–Crippen LogP) is 3.07. The summed E-state index contributed by atoms with van der Waals surface area (Å²) in [6, 6.07) is 0.496. The fourth-order valence-corrected chi connectivity index (χ4v) is 3.33. The fourth-order valence-electron chi connectivity index (χ4n) is 1.49. The largest absolute Gasteiger partial charge is 0.382 e. The Balaban J connectivity index is 2.99. The lowest BCUT2D eigenvalue weighted by molar-refractivity contribution is 0.672. The van der Waals surface area contributed by atoms with Gasteiger partial charge in [-0.15, -0.1) is 11.8 Å². The normalized spacial score (nSPS) is 11.0. The van der Waals surface area contributed by atoms with Gasteiger partial charge >= 0.3 is 0 Å². The first kappa shape index (κ1) is 12.6. The quantitative estimate of drug-likeness (QED) is 0.810. The molecule has 0 atom stereocenters. The van der Waals surface area contributed by atoms with Gasteiger partial charge in [-0.2, -0.15) is 4.37 Å². The smallest absolute Gasteiger partial charge is 0.153 e. The summed E-state index contributed by atoms with van der Waals surface area (Å²) < 4.78 is 4.23. The van der Waals surface area contributed by atoms with Gasteiger partial charge in [-0.3, -0.25) is 0 Å². The number of thioether (sulfide) groups is 1. The Hall–Kier alpha value is -0.420. The molecule has 0 unspecified atom stereocenters. The first-order chi connectivity index (χ1) is 7.11. The average Bonchev–Trinajstić information content (AvgIpc) is 2.55. The molecule has 0 fully saturated rings. The molecule has 0 aliphatic carbocycles. The van der Waals surface area contributed by atoms with Crippen molar-refractivity contribution in [1.82, 2.24) is 4.37 Å². The van der Waals surface area contributed by atoms with Crippen LogP contribution in [0.15, 0.2) is 4.90 Å². The summed E-state index contributed by atoms with van der Waals surface area (Å²) in [6.07, 6.45) is 3.19. The number of anilines is 2. The zero-order valence-electron chi connectivity index (χ0n) is 9.78. The number of nitrogen functional groups attached to an aromatic ring is 1. The summed E-state index contributed by atoms with van der Waals surface area (Å²) >= 11 is 3.19. The Morgan fingerprint density at radius 3 is 2.67 bits per heavy atom. The molecule has 0 aliphatic heterocycles. The molecule has 0 bridgehead atoms. The SMILES string of the molecule is CCCN(c1snc(N)c1SC)C(C)C. The van der Waals surface area contributed by atoms with Crippen molar-refractivity contribution in [2.75, 3.05) is 23.4 Å². The highest BCUT2D eigenvalue weighted by Gasteiger charge is 2.18. The van der Waals surface area contributed by atoms with E-state index in [1.165, 1.54) is 16.5 Å². The van der Waals surface area contributed by atoms with Crippen molar-refractivity contribution >= 4 is 34.1 Å². The standard InChI is InChI=1S/C10H19N3S2/c1-5-6-13(7(2)3)10-8(14-4)9(11)12-15-10/h7H,5-6H2,1-4H3,(H2,11,12). The van der Waals surface area contributed by atoms with Gasteiger partial charge in [0.05, 0.1) is 4.90 Å². The molecule has 0 saturated carbocycles. The number of nitrogens with two attached hydrogens (primary N) is 1. The summed E-state index contributed by atoms with van der Waals surface area (Å²) in [6.45, 7) is 7.66. The molecule has 5 heteroatoms. The van der Waals surface area contributed by atoms with Gasteiger partial charge in [0.2, 0.25) is 0 Å². The van der Waals surface area contributed by atoms with Crippen molar-refractivity contribution < 1.29 is 0 Å². The lowest BCUT2D eigenvalue weighted by Gasteiger charge is -2.27. The van der Waals surface area contributed by atoms with Crippen LogP contribution in [0.25, 0.3) is 0 Å². The van der Waals surface area contributed by atoms with E-state index in [9.17, 15) is 0 Å². The van der Waals surface area contributed by atoms with E-state index in [-0.39, 0.29) is 0 Å². The summed E-state index contributed by atoms with van der Waals surface area (Å²) in [5.41, 5.74) is 5.84. The van der Waals surface area contributed by atoms with Crippen LogP contribution in [0, 0.1) is 0 Å². The molecular weight excluding hydrogens is 226 g/mol. The van der Waals surface area contributed by atoms with Gasteiger partial charge in [-0.25, -0.2) is 0 Å². The molecule has 0 aliphatic rings. The summed E-state index contributed by atoms with van der Waals surface area (Å²) in [5, 5.41) is 1.22. The molecule has 15 heavy (non-hydrogen) atoms. The Kier molecular flexibility index (Phi) is 4.73. The zero-order valence-corrected chi connectivity index (χ0v) is 11.4. The molecule has 1 rings (SSSR count). The maximum absolute atomic E-state index is 5.84. The van der Waals surface area contributed by atoms with Crippen molar-refractivity contribution in [1.29, 1.82) is 0 Å². The second-order valence-electron chi connectivity index (χ2n) is 3.69. The van der Waals surface area contributed by atoms with Gasteiger partial charge in [0.25, 0.3) is 0 Å². The van der Waals surface area contributed by atoms with Gasteiger partial charge in [0.1, 0.15) is 5.00 Å². The second kappa shape index (κ2) is 5.61. The van der Waals surface area contributed by atoms with Gasteiger partial charge in [0, 0.05) is 12.6 Å². The van der Waals surface area contributed by atoms with Gasteiger partial charge < -0.3 is 10.6 Å². The number of hydrogen-bond donors (Lipinski definition) is 1. The molecule has 0 saturated heterocycles. The summed E-state index contributed by atoms with van der Waals surface area (Å²) in [5.74, 6) is 0.671. The molecule has 1 aromatic rings. The van der Waals surface area contributed by atoms with Gasteiger partial charge in [-0.05, 0) is 38.1 Å². The number of aromatic nitrogens is 1. The minimum Gasteiger partial charge on any atom is -0.382 e. The fraction of sp³-hybridized carbons (Fsp3) is 0.700. The van der Waals surface area contributed by atoms with E-state index in [2.05, 4.69) is 30.0 Å². The molecule has 1 aromatic heterocycles. The van der Waals surface area contributed by atoms with Crippen LogP contribution in [0.5, 0.6) is 0 Å². The van der Waals surface area contributed by atoms with Crippen molar-refractivity contribution in [3.63, 3.8) is 0 Å².